The number of carbonyl (C=O) groups excluding carboxylic acids is 1. The molecule has 2 N–H and O–H groups in total. The second-order valence-corrected chi connectivity index (χ2v) is 9.20. The number of hydrogen-bond donors (Lipinski definition) is 2. The van der Waals surface area contributed by atoms with E-state index in [0.29, 0.717) is 11.7 Å². The quantitative estimate of drug-likeness (QED) is 0.627. The van der Waals surface area contributed by atoms with Gasteiger partial charge in [0.25, 0.3) is 5.91 Å². The fourth-order valence-electron chi connectivity index (χ4n) is 3.19. The van der Waals surface area contributed by atoms with Gasteiger partial charge in [-0.15, -0.1) is 0 Å². The molecular weight excluding hydrogens is 402 g/mol. The van der Waals surface area contributed by atoms with Crippen LogP contribution in [0.1, 0.15) is 45.0 Å². The number of nitrogens with one attached hydrogen (secondary N) is 2. The van der Waals surface area contributed by atoms with Gasteiger partial charge in [0, 0.05) is 35.6 Å². The number of rotatable bonds is 9. The molecule has 0 aliphatic carbocycles. The highest BCUT2D eigenvalue weighted by molar-refractivity contribution is 7.89. The number of carbonyl (C=O) groups is 1. The van der Waals surface area contributed by atoms with Crippen LogP contribution in [-0.4, -0.2) is 40.1 Å². The van der Waals surface area contributed by atoms with E-state index in [1.165, 1.54) is 25.3 Å². The average Bonchev–Trinajstić information content (AvgIpc) is 2.68. The summed E-state index contributed by atoms with van der Waals surface area (Å²) < 4.78 is 32.9. The van der Waals surface area contributed by atoms with Crippen molar-refractivity contribution >= 4 is 27.3 Å². The molecule has 0 aromatic heterocycles. The Bertz CT molecular complexity index is 970. The van der Waals surface area contributed by atoms with Crippen molar-refractivity contribution in [3.8, 4) is 5.75 Å². The van der Waals surface area contributed by atoms with Gasteiger partial charge in [-0.3, -0.25) is 4.79 Å². The molecule has 0 aliphatic rings. The van der Waals surface area contributed by atoms with Gasteiger partial charge in [-0.05, 0) is 77.1 Å². The molecule has 0 bridgehead atoms. The second kappa shape index (κ2) is 9.95. The van der Waals surface area contributed by atoms with Crippen LogP contribution in [0.5, 0.6) is 5.75 Å². The molecule has 30 heavy (non-hydrogen) atoms. The lowest BCUT2D eigenvalue weighted by Crippen LogP contribution is -2.30. The molecule has 0 saturated carbocycles. The molecule has 0 radical (unpaired) electrons. The molecule has 1 amide bonds. The van der Waals surface area contributed by atoms with E-state index >= 15 is 0 Å². The van der Waals surface area contributed by atoms with E-state index in [1.54, 1.807) is 13.8 Å². The molecule has 164 valence electrons. The summed E-state index contributed by atoms with van der Waals surface area (Å²) in [5.74, 6) is -0.222. The predicted octanol–water partition coefficient (Wildman–Crippen LogP) is 3.87. The van der Waals surface area contributed by atoms with Gasteiger partial charge in [0.05, 0.1) is 7.11 Å². The zero-order chi connectivity index (χ0) is 22.5. The molecule has 0 saturated heterocycles. The first-order chi connectivity index (χ1) is 14.1. The van der Waals surface area contributed by atoms with Gasteiger partial charge in [0.15, 0.2) is 0 Å². The van der Waals surface area contributed by atoms with E-state index in [9.17, 15) is 13.2 Å². The number of nitrogens with zero attached hydrogens (tertiary/aromatic N) is 1. The Morgan fingerprint density at radius 3 is 2.20 bits per heavy atom. The highest BCUT2D eigenvalue weighted by atomic mass is 32.2. The predicted molar refractivity (Wildman–Crippen MR) is 121 cm³/mol. The lowest BCUT2D eigenvalue weighted by atomic mass is 10.2. The van der Waals surface area contributed by atoms with E-state index in [0.717, 1.165) is 12.2 Å². The molecule has 0 atom stereocenters. The summed E-state index contributed by atoms with van der Waals surface area (Å²) >= 11 is 0. The Balaban J connectivity index is 2.26. The summed E-state index contributed by atoms with van der Waals surface area (Å²) in [4.78, 5) is 14.9. The second-order valence-electron chi connectivity index (χ2n) is 7.52. The first kappa shape index (κ1) is 23.7. The van der Waals surface area contributed by atoms with Crippen molar-refractivity contribution in [2.24, 2.45) is 0 Å². The number of hydrogen-bond acceptors (Lipinski definition) is 5. The van der Waals surface area contributed by atoms with Crippen molar-refractivity contribution < 1.29 is 17.9 Å². The number of sulfonamides is 1. The fraction of sp³-hybridized carbons (Fsp3) is 0.409. The minimum absolute atomic E-state index is 0.0720. The van der Waals surface area contributed by atoms with Crippen LogP contribution < -0.4 is 19.7 Å². The molecule has 7 nitrogen and oxygen atoms in total. The van der Waals surface area contributed by atoms with Crippen molar-refractivity contribution in [3.63, 3.8) is 0 Å². The van der Waals surface area contributed by atoms with Crippen LogP contribution in [0.2, 0.25) is 0 Å². The number of ether oxygens (including phenoxy) is 1. The maximum absolute atomic E-state index is 12.7. The summed E-state index contributed by atoms with van der Waals surface area (Å²) in [5.41, 5.74) is 1.92. The van der Waals surface area contributed by atoms with Gasteiger partial charge in [0.1, 0.15) is 10.6 Å². The first-order valence-electron chi connectivity index (χ1n) is 9.97. The van der Waals surface area contributed by atoms with Crippen molar-refractivity contribution in [2.45, 2.75) is 51.6 Å². The van der Waals surface area contributed by atoms with Crippen molar-refractivity contribution in [3.05, 3.63) is 48.0 Å². The van der Waals surface area contributed by atoms with Crippen LogP contribution in [-0.2, 0) is 10.0 Å². The van der Waals surface area contributed by atoms with Crippen LogP contribution in [0.4, 0.5) is 11.4 Å². The van der Waals surface area contributed by atoms with Gasteiger partial charge < -0.3 is 15.0 Å². The molecule has 2 rings (SSSR count). The highest BCUT2D eigenvalue weighted by Crippen LogP contribution is 2.26. The van der Waals surface area contributed by atoms with Gasteiger partial charge in [0.2, 0.25) is 10.0 Å². The summed E-state index contributed by atoms with van der Waals surface area (Å²) in [5, 5.41) is 2.82. The molecule has 2 aromatic carbocycles. The van der Waals surface area contributed by atoms with Crippen molar-refractivity contribution in [1.82, 2.24) is 4.72 Å². The minimum Gasteiger partial charge on any atom is -0.495 e. The molecule has 8 heteroatoms. The zero-order valence-electron chi connectivity index (χ0n) is 18.4. The van der Waals surface area contributed by atoms with Crippen molar-refractivity contribution in [1.29, 1.82) is 0 Å². The molecule has 0 heterocycles. The van der Waals surface area contributed by atoms with Crippen LogP contribution in [0.3, 0.4) is 0 Å². The third kappa shape index (κ3) is 5.73. The van der Waals surface area contributed by atoms with E-state index in [-0.39, 0.29) is 22.3 Å². The first-order valence-corrected chi connectivity index (χ1v) is 11.5. The lowest BCUT2D eigenvalue weighted by Gasteiger charge is -2.27. The van der Waals surface area contributed by atoms with Crippen LogP contribution in [0.25, 0.3) is 0 Å². The largest absolute Gasteiger partial charge is 0.495 e. The van der Waals surface area contributed by atoms with Gasteiger partial charge in [-0.1, -0.05) is 0 Å². The fourth-order valence-corrected chi connectivity index (χ4v) is 4.63. The van der Waals surface area contributed by atoms with Gasteiger partial charge in [-0.25, -0.2) is 13.1 Å². The maximum atomic E-state index is 12.7. The zero-order valence-corrected chi connectivity index (χ0v) is 19.2. The monoisotopic (exact) mass is 433 g/mol. The third-order valence-corrected chi connectivity index (χ3v) is 6.21. The van der Waals surface area contributed by atoms with E-state index in [4.69, 9.17) is 4.74 Å². The van der Waals surface area contributed by atoms with E-state index in [1.807, 2.05) is 24.3 Å². The molecule has 0 spiro atoms. The minimum atomic E-state index is -3.82. The Morgan fingerprint density at radius 1 is 1.07 bits per heavy atom. The smallest absolute Gasteiger partial charge is 0.255 e. The number of amides is 1. The van der Waals surface area contributed by atoms with Crippen LogP contribution >= 0.6 is 0 Å². The summed E-state index contributed by atoms with van der Waals surface area (Å²) in [6.07, 6.45) is 0. The SMILES string of the molecule is CCN(c1ccc(NC(=O)c2ccc(OC)c(S(=O)(=O)NC(C)C)c2)cc1)C(C)C. The third-order valence-electron chi connectivity index (χ3n) is 4.53. The Kier molecular flexibility index (Phi) is 7.86. The topological polar surface area (TPSA) is 87.7 Å². The summed E-state index contributed by atoms with van der Waals surface area (Å²) in [6, 6.07) is 12.0. The van der Waals surface area contributed by atoms with Crippen LogP contribution in [0, 0.1) is 0 Å². The number of methoxy groups -OCH3 is 1. The van der Waals surface area contributed by atoms with Gasteiger partial charge >= 0.3 is 0 Å². The number of anilines is 2. The molecule has 0 fully saturated rings. The standard InChI is InChI=1S/C22H31N3O4S/c1-7-25(16(4)5)19-11-9-18(10-12-19)23-22(26)17-8-13-20(29-6)21(14-17)30(27,28)24-15(2)3/h8-16,24H,7H2,1-6H3,(H,23,26). The Morgan fingerprint density at radius 2 is 1.70 bits per heavy atom. The molecule has 0 unspecified atom stereocenters. The molecule has 2 aromatic rings. The van der Waals surface area contributed by atoms with Crippen LogP contribution in [0.15, 0.2) is 47.4 Å². The van der Waals surface area contributed by atoms with Gasteiger partial charge in [-0.2, -0.15) is 0 Å². The Labute approximate surface area is 179 Å². The normalized spacial score (nSPS) is 11.6. The summed E-state index contributed by atoms with van der Waals surface area (Å²) in [7, 11) is -2.43. The average molecular weight is 434 g/mol. The molecule has 0 aliphatic heterocycles. The number of benzene rings is 2. The molecular formula is C22H31N3O4S. The van der Waals surface area contributed by atoms with E-state index in [2.05, 4.69) is 35.7 Å². The van der Waals surface area contributed by atoms with Crippen molar-refractivity contribution in [2.75, 3.05) is 23.9 Å². The lowest BCUT2D eigenvalue weighted by molar-refractivity contribution is 0.102. The summed E-state index contributed by atoms with van der Waals surface area (Å²) in [6.45, 7) is 10.7. The maximum Gasteiger partial charge on any atom is 0.255 e. The Hall–Kier alpha value is -2.58. The van der Waals surface area contributed by atoms with E-state index < -0.39 is 15.9 Å². The highest BCUT2D eigenvalue weighted by Gasteiger charge is 2.22.